The number of amides is 2. The SMILES string of the molecule is COc1cc2c(c(N3CCN(C)CC3)c1)OC(C(=O)Nc1ccc([N+]3=CC=CC3=O)cc1)CC2. The zero-order valence-electron chi connectivity index (χ0n) is 19.5. The Morgan fingerprint density at radius 3 is 2.59 bits per heavy atom. The molecule has 0 radical (unpaired) electrons. The van der Waals surface area contributed by atoms with E-state index in [4.69, 9.17) is 9.47 Å². The molecular formula is C26H29N4O4+. The van der Waals surface area contributed by atoms with Gasteiger partial charge in [0.25, 0.3) is 5.91 Å². The van der Waals surface area contributed by atoms with Crippen LogP contribution in [-0.2, 0) is 16.0 Å². The summed E-state index contributed by atoms with van der Waals surface area (Å²) in [6.07, 6.45) is 5.70. The van der Waals surface area contributed by atoms with Gasteiger partial charge in [0.15, 0.2) is 12.3 Å². The normalized spacial score (nSPS) is 19.9. The first-order chi connectivity index (χ1) is 16.5. The first-order valence-electron chi connectivity index (χ1n) is 11.6. The second-order valence-corrected chi connectivity index (χ2v) is 8.82. The lowest BCUT2D eigenvalue weighted by molar-refractivity contribution is -0.353. The van der Waals surface area contributed by atoms with Crippen molar-refractivity contribution in [2.75, 3.05) is 50.6 Å². The van der Waals surface area contributed by atoms with Gasteiger partial charge in [-0.25, -0.2) is 4.79 Å². The molecule has 8 heteroatoms. The Hall–Kier alpha value is -3.65. The van der Waals surface area contributed by atoms with Crippen molar-refractivity contribution in [2.24, 2.45) is 0 Å². The Morgan fingerprint density at radius 1 is 1.15 bits per heavy atom. The molecule has 5 rings (SSSR count). The number of benzene rings is 2. The van der Waals surface area contributed by atoms with Crippen LogP contribution in [0.15, 0.2) is 48.6 Å². The quantitative estimate of drug-likeness (QED) is 0.690. The molecule has 176 valence electrons. The third-order valence-electron chi connectivity index (χ3n) is 6.55. The summed E-state index contributed by atoms with van der Waals surface area (Å²) in [6.45, 7) is 3.75. The Bertz CT molecular complexity index is 1160. The van der Waals surface area contributed by atoms with E-state index < -0.39 is 6.10 Å². The smallest absolute Gasteiger partial charge is 0.418 e. The van der Waals surface area contributed by atoms with E-state index >= 15 is 0 Å². The van der Waals surface area contributed by atoms with Gasteiger partial charge < -0.3 is 24.6 Å². The predicted molar refractivity (Wildman–Crippen MR) is 131 cm³/mol. The number of nitrogens with zero attached hydrogens (tertiary/aromatic N) is 3. The molecule has 0 bridgehead atoms. The average molecular weight is 462 g/mol. The lowest BCUT2D eigenvalue weighted by atomic mass is 9.99. The number of anilines is 2. The molecule has 1 atom stereocenters. The van der Waals surface area contributed by atoms with Gasteiger partial charge in [0.1, 0.15) is 11.5 Å². The Labute approximate surface area is 199 Å². The van der Waals surface area contributed by atoms with E-state index in [-0.39, 0.29) is 11.8 Å². The van der Waals surface area contributed by atoms with Crippen LogP contribution in [0.3, 0.4) is 0 Å². The van der Waals surface area contributed by atoms with Crippen LogP contribution in [0.25, 0.3) is 0 Å². The van der Waals surface area contributed by atoms with Crippen LogP contribution in [0.4, 0.5) is 17.1 Å². The van der Waals surface area contributed by atoms with Crippen molar-refractivity contribution >= 4 is 35.1 Å². The number of piperazine rings is 1. The molecule has 1 fully saturated rings. The summed E-state index contributed by atoms with van der Waals surface area (Å²) in [5.41, 5.74) is 3.48. The van der Waals surface area contributed by atoms with E-state index in [1.54, 1.807) is 36.1 Å². The van der Waals surface area contributed by atoms with Gasteiger partial charge in [0.2, 0.25) is 5.69 Å². The van der Waals surface area contributed by atoms with Crippen LogP contribution in [-0.4, -0.2) is 73.9 Å². The van der Waals surface area contributed by atoms with Gasteiger partial charge in [-0.3, -0.25) is 4.79 Å². The molecule has 2 aromatic carbocycles. The molecule has 0 saturated carbocycles. The number of hydrogen-bond donors (Lipinski definition) is 1. The summed E-state index contributed by atoms with van der Waals surface area (Å²) in [7, 11) is 3.80. The van der Waals surface area contributed by atoms with Crippen molar-refractivity contribution in [3.05, 3.63) is 54.1 Å². The molecular weight excluding hydrogens is 432 g/mol. The molecule has 1 unspecified atom stereocenters. The second kappa shape index (κ2) is 9.30. The van der Waals surface area contributed by atoms with Crippen LogP contribution < -0.4 is 19.7 Å². The number of methoxy groups -OCH3 is 1. The summed E-state index contributed by atoms with van der Waals surface area (Å²) in [5, 5.41) is 2.96. The van der Waals surface area contributed by atoms with Gasteiger partial charge in [-0.15, -0.1) is 4.58 Å². The number of likely N-dealkylation sites (N-methyl/N-ethyl adjacent to an activating group) is 1. The molecule has 1 N–H and O–H groups in total. The highest BCUT2D eigenvalue weighted by molar-refractivity contribution is 5.96. The van der Waals surface area contributed by atoms with Gasteiger partial charge in [0.05, 0.1) is 18.9 Å². The van der Waals surface area contributed by atoms with Gasteiger partial charge in [-0.05, 0) is 38.1 Å². The van der Waals surface area contributed by atoms with Crippen LogP contribution in [0.5, 0.6) is 11.5 Å². The number of carbonyl (C=O) groups excluding carboxylic acids is 2. The van der Waals surface area contributed by atoms with Gasteiger partial charge >= 0.3 is 5.91 Å². The molecule has 2 amide bonds. The third-order valence-corrected chi connectivity index (χ3v) is 6.55. The highest BCUT2D eigenvalue weighted by atomic mass is 16.5. The van der Waals surface area contributed by atoms with E-state index in [2.05, 4.69) is 22.2 Å². The standard InChI is InChI=1S/C26H28N4O4/c1-28-12-14-29(15-13-28)22-17-21(33-2)16-18-5-10-23(34-25(18)22)26(32)27-19-6-8-20(9-7-19)30-11-3-4-24(30)31/h3-4,6-9,11,16-17,23H,5,10,12-15H2,1-2H3/p+1. The molecule has 0 aliphatic carbocycles. The van der Waals surface area contributed by atoms with Crippen LogP contribution in [0, 0.1) is 0 Å². The number of rotatable bonds is 5. The lowest BCUT2D eigenvalue weighted by Crippen LogP contribution is -2.45. The summed E-state index contributed by atoms with van der Waals surface area (Å²) in [6, 6.07) is 11.2. The summed E-state index contributed by atoms with van der Waals surface area (Å²) < 4.78 is 13.4. The van der Waals surface area contributed by atoms with E-state index in [9.17, 15) is 9.59 Å². The molecule has 3 heterocycles. The number of nitrogens with one attached hydrogen (secondary N) is 1. The van der Waals surface area contributed by atoms with E-state index in [0.29, 0.717) is 12.1 Å². The molecule has 34 heavy (non-hydrogen) atoms. The molecule has 8 nitrogen and oxygen atoms in total. The average Bonchev–Trinajstić information content (AvgIpc) is 3.29. The van der Waals surface area contributed by atoms with E-state index in [1.165, 1.54) is 6.08 Å². The Morgan fingerprint density at radius 2 is 1.91 bits per heavy atom. The number of fused-ring (bicyclic) bond motifs is 1. The topological polar surface area (TPSA) is 74.1 Å². The fourth-order valence-corrected chi connectivity index (χ4v) is 4.54. The fourth-order valence-electron chi connectivity index (χ4n) is 4.54. The maximum absolute atomic E-state index is 13.1. The largest absolute Gasteiger partial charge is 0.497 e. The van der Waals surface area contributed by atoms with Gasteiger partial charge in [-0.2, -0.15) is 0 Å². The van der Waals surface area contributed by atoms with Crippen molar-refractivity contribution < 1.29 is 23.6 Å². The van der Waals surface area contributed by atoms with Crippen molar-refractivity contribution in [1.82, 2.24) is 4.90 Å². The van der Waals surface area contributed by atoms with Gasteiger partial charge in [0, 0.05) is 61.7 Å². The van der Waals surface area contributed by atoms with Crippen LogP contribution >= 0.6 is 0 Å². The number of allylic oxidation sites excluding steroid dienone is 1. The molecule has 3 aliphatic heterocycles. The molecule has 0 aromatic heterocycles. The maximum Gasteiger partial charge on any atom is 0.418 e. The number of carbonyl (C=O) groups is 2. The number of ether oxygens (including phenoxy) is 2. The van der Waals surface area contributed by atoms with E-state index in [0.717, 1.165) is 61.0 Å². The third kappa shape index (κ3) is 4.41. The first-order valence-corrected chi connectivity index (χ1v) is 11.6. The molecule has 1 saturated heterocycles. The summed E-state index contributed by atoms with van der Waals surface area (Å²) in [5.74, 6) is 1.33. The number of aryl methyl sites for hydroxylation is 1. The fraction of sp³-hybridized carbons (Fsp3) is 0.346. The Kier molecular flexibility index (Phi) is 6.06. The lowest BCUT2D eigenvalue weighted by Gasteiger charge is -2.37. The summed E-state index contributed by atoms with van der Waals surface area (Å²) in [4.78, 5) is 29.5. The van der Waals surface area contributed by atoms with Crippen molar-refractivity contribution in [2.45, 2.75) is 18.9 Å². The number of hydrogen-bond acceptors (Lipinski definition) is 6. The molecule has 2 aromatic rings. The van der Waals surface area contributed by atoms with Crippen molar-refractivity contribution in [3.8, 4) is 11.5 Å². The first kappa shape index (κ1) is 22.2. The summed E-state index contributed by atoms with van der Waals surface area (Å²) >= 11 is 0. The van der Waals surface area contributed by atoms with Crippen LogP contribution in [0.1, 0.15) is 12.0 Å². The highest BCUT2D eigenvalue weighted by Crippen LogP contribution is 2.41. The van der Waals surface area contributed by atoms with Gasteiger partial charge in [-0.1, -0.05) is 0 Å². The van der Waals surface area contributed by atoms with Crippen molar-refractivity contribution in [1.29, 1.82) is 0 Å². The molecule has 3 aliphatic rings. The monoisotopic (exact) mass is 461 g/mol. The zero-order chi connectivity index (χ0) is 23.7. The van der Waals surface area contributed by atoms with E-state index in [1.807, 2.05) is 24.3 Å². The van der Waals surface area contributed by atoms with Crippen LogP contribution in [0.2, 0.25) is 0 Å². The minimum absolute atomic E-state index is 0.0844. The predicted octanol–water partition coefficient (Wildman–Crippen LogP) is 2.59. The Balaban J connectivity index is 1.31. The highest BCUT2D eigenvalue weighted by Gasteiger charge is 2.31. The molecule has 0 spiro atoms. The van der Waals surface area contributed by atoms with Crippen molar-refractivity contribution in [3.63, 3.8) is 0 Å². The second-order valence-electron chi connectivity index (χ2n) is 8.82. The zero-order valence-corrected chi connectivity index (χ0v) is 19.5. The minimum atomic E-state index is -0.579. The minimum Gasteiger partial charge on any atom is -0.497 e. The maximum atomic E-state index is 13.1.